The fraction of sp³-hybridized carbons (Fsp3) is 0.741. The molecule has 0 N–H and O–H groups in total. The van der Waals surface area contributed by atoms with Crippen molar-refractivity contribution in [3.05, 3.63) is 44.0 Å². The number of nitrogens with zero attached hydrogens (tertiary/aromatic N) is 3. The third kappa shape index (κ3) is 13.2. The quantitative estimate of drug-likeness (QED) is 0.0977. The largest absolute Gasteiger partial charge is 0.339 e. The molecule has 1 aromatic rings. The molecule has 0 unspecified atom stereocenters. The SMILES string of the molecule is CCCCCCCCCCN(CCCCCCCCCC)C(=O)c1cc([N+](=O)[O-])cc([N+](=O)[O-])c1. The van der Waals surface area contributed by atoms with E-state index in [0.717, 1.165) is 56.7 Å². The van der Waals surface area contributed by atoms with Crippen molar-refractivity contribution in [3.8, 4) is 0 Å². The maximum Gasteiger partial charge on any atom is 0.277 e. The number of amides is 1. The van der Waals surface area contributed by atoms with Crippen LogP contribution < -0.4 is 0 Å². The lowest BCUT2D eigenvalue weighted by Gasteiger charge is -2.23. The smallest absolute Gasteiger partial charge is 0.277 e. The van der Waals surface area contributed by atoms with Gasteiger partial charge < -0.3 is 4.90 Å². The summed E-state index contributed by atoms with van der Waals surface area (Å²) in [7, 11) is 0. The van der Waals surface area contributed by atoms with Gasteiger partial charge in [0.2, 0.25) is 0 Å². The number of nitro groups is 2. The maximum atomic E-state index is 13.3. The van der Waals surface area contributed by atoms with Gasteiger partial charge in [-0.05, 0) is 12.8 Å². The molecule has 0 spiro atoms. The molecule has 0 aliphatic carbocycles. The summed E-state index contributed by atoms with van der Waals surface area (Å²) >= 11 is 0. The number of carbonyl (C=O) groups excluding carboxylic acids is 1. The number of carbonyl (C=O) groups is 1. The summed E-state index contributed by atoms with van der Waals surface area (Å²) in [4.78, 5) is 36.1. The molecular weight excluding hydrogens is 446 g/mol. The Morgan fingerprint density at radius 2 is 0.971 bits per heavy atom. The van der Waals surface area contributed by atoms with Gasteiger partial charge in [-0.15, -0.1) is 0 Å². The van der Waals surface area contributed by atoms with Gasteiger partial charge in [0.25, 0.3) is 17.3 Å². The van der Waals surface area contributed by atoms with Crippen molar-refractivity contribution in [2.75, 3.05) is 13.1 Å². The van der Waals surface area contributed by atoms with Crippen molar-refractivity contribution in [2.45, 2.75) is 117 Å². The topological polar surface area (TPSA) is 107 Å². The molecule has 0 aliphatic rings. The minimum Gasteiger partial charge on any atom is -0.339 e. The minimum atomic E-state index is -0.689. The monoisotopic (exact) mass is 491 g/mol. The fourth-order valence-electron chi connectivity index (χ4n) is 4.30. The highest BCUT2D eigenvalue weighted by atomic mass is 16.6. The molecule has 0 radical (unpaired) electrons. The summed E-state index contributed by atoms with van der Waals surface area (Å²) in [5, 5.41) is 22.5. The van der Waals surface area contributed by atoms with E-state index in [9.17, 15) is 25.0 Å². The Kier molecular flexibility index (Phi) is 16.4. The van der Waals surface area contributed by atoms with Crippen LogP contribution >= 0.6 is 0 Å². The van der Waals surface area contributed by atoms with Crippen LogP contribution in [0.25, 0.3) is 0 Å². The summed E-state index contributed by atoms with van der Waals surface area (Å²) in [5.41, 5.74) is -0.839. The van der Waals surface area contributed by atoms with Crippen molar-refractivity contribution in [1.82, 2.24) is 4.90 Å². The molecule has 35 heavy (non-hydrogen) atoms. The molecule has 0 aromatic heterocycles. The third-order valence-electron chi connectivity index (χ3n) is 6.42. The van der Waals surface area contributed by atoms with E-state index in [0.29, 0.717) is 13.1 Å². The van der Waals surface area contributed by atoms with E-state index in [4.69, 9.17) is 0 Å². The van der Waals surface area contributed by atoms with Gasteiger partial charge in [0.15, 0.2) is 0 Å². The Bertz CT molecular complexity index is 717. The maximum absolute atomic E-state index is 13.3. The van der Waals surface area contributed by atoms with Crippen molar-refractivity contribution >= 4 is 17.3 Å². The predicted octanol–water partition coefficient (Wildman–Crippen LogP) is 8.23. The number of non-ortho nitro benzene ring substituents is 2. The number of hydrogen-bond donors (Lipinski definition) is 0. The zero-order valence-electron chi connectivity index (χ0n) is 21.8. The predicted molar refractivity (Wildman–Crippen MR) is 141 cm³/mol. The highest BCUT2D eigenvalue weighted by molar-refractivity contribution is 5.95. The van der Waals surface area contributed by atoms with Crippen LogP contribution in [0.2, 0.25) is 0 Å². The summed E-state index contributed by atoms with van der Waals surface area (Å²) in [6, 6.07) is 3.21. The van der Waals surface area contributed by atoms with Crippen LogP contribution in [0.15, 0.2) is 18.2 Å². The molecule has 8 nitrogen and oxygen atoms in total. The standard InChI is InChI=1S/C27H45N3O5/c1-3-5-7-9-11-13-15-17-19-28(20-18-16-14-12-10-8-6-4-2)27(31)24-21-25(29(32)33)23-26(22-24)30(34)35/h21-23H,3-20H2,1-2H3. The number of rotatable bonds is 21. The summed E-state index contributed by atoms with van der Waals surface area (Å²) < 4.78 is 0. The van der Waals surface area contributed by atoms with Crippen LogP contribution in [-0.4, -0.2) is 33.7 Å². The second kappa shape index (κ2) is 18.8. The second-order valence-electron chi connectivity index (χ2n) is 9.49. The van der Waals surface area contributed by atoms with E-state index < -0.39 is 21.2 Å². The first-order valence-corrected chi connectivity index (χ1v) is 13.6. The first-order chi connectivity index (χ1) is 16.9. The Labute approximate surface area is 210 Å². The van der Waals surface area contributed by atoms with Gasteiger partial charge in [0.05, 0.1) is 21.5 Å². The van der Waals surface area contributed by atoms with Crippen LogP contribution in [0.4, 0.5) is 11.4 Å². The average molecular weight is 492 g/mol. The molecule has 0 fully saturated rings. The lowest BCUT2D eigenvalue weighted by Crippen LogP contribution is -2.33. The van der Waals surface area contributed by atoms with Crippen molar-refractivity contribution in [1.29, 1.82) is 0 Å². The zero-order chi connectivity index (χ0) is 25.9. The lowest BCUT2D eigenvalue weighted by atomic mass is 10.1. The molecule has 1 aromatic carbocycles. The molecule has 8 heteroatoms. The first-order valence-electron chi connectivity index (χ1n) is 13.6. The Hall–Kier alpha value is -2.51. The van der Waals surface area contributed by atoms with E-state index in [2.05, 4.69) is 13.8 Å². The Balaban J connectivity index is 2.72. The van der Waals surface area contributed by atoms with Gasteiger partial charge in [0.1, 0.15) is 0 Å². The molecule has 0 bridgehead atoms. The summed E-state index contributed by atoms with van der Waals surface area (Å²) in [5.74, 6) is -0.359. The third-order valence-corrected chi connectivity index (χ3v) is 6.42. The van der Waals surface area contributed by atoms with Crippen LogP contribution in [0, 0.1) is 20.2 Å². The molecule has 0 saturated carbocycles. The number of unbranched alkanes of at least 4 members (excludes halogenated alkanes) is 14. The minimum absolute atomic E-state index is 0.0185. The van der Waals surface area contributed by atoms with E-state index in [-0.39, 0.29) is 11.5 Å². The molecule has 198 valence electrons. The second-order valence-corrected chi connectivity index (χ2v) is 9.49. The molecule has 0 atom stereocenters. The van der Waals surface area contributed by atoms with E-state index in [1.807, 2.05) is 0 Å². The lowest BCUT2D eigenvalue weighted by molar-refractivity contribution is -0.394. The van der Waals surface area contributed by atoms with Crippen LogP contribution in [0.5, 0.6) is 0 Å². The van der Waals surface area contributed by atoms with Crippen LogP contribution in [0.3, 0.4) is 0 Å². The molecular formula is C27H45N3O5. The number of benzene rings is 1. The molecule has 0 aliphatic heterocycles. The van der Waals surface area contributed by atoms with Gasteiger partial charge in [-0.1, -0.05) is 104 Å². The van der Waals surface area contributed by atoms with Crippen LogP contribution in [-0.2, 0) is 0 Å². The highest BCUT2D eigenvalue weighted by Crippen LogP contribution is 2.24. The Morgan fingerprint density at radius 1 is 0.629 bits per heavy atom. The van der Waals surface area contributed by atoms with Crippen molar-refractivity contribution in [3.63, 3.8) is 0 Å². The Morgan fingerprint density at radius 3 is 1.31 bits per heavy atom. The van der Waals surface area contributed by atoms with Gasteiger partial charge in [-0.25, -0.2) is 0 Å². The normalized spacial score (nSPS) is 10.9. The molecule has 1 amide bonds. The van der Waals surface area contributed by atoms with Crippen molar-refractivity contribution < 1.29 is 14.6 Å². The molecule has 0 saturated heterocycles. The van der Waals surface area contributed by atoms with Gasteiger partial charge >= 0.3 is 0 Å². The molecule has 0 heterocycles. The number of nitro benzene ring substituents is 2. The van der Waals surface area contributed by atoms with Gasteiger partial charge in [-0.2, -0.15) is 0 Å². The fourth-order valence-corrected chi connectivity index (χ4v) is 4.30. The number of hydrogen-bond acceptors (Lipinski definition) is 5. The van der Waals surface area contributed by atoms with Gasteiger partial charge in [-0.3, -0.25) is 25.0 Å². The zero-order valence-corrected chi connectivity index (χ0v) is 21.8. The van der Waals surface area contributed by atoms with Crippen LogP contribution in [0.1, 0.15) is 127 Å². The average Bonchev–Trinajstić information content (AvgIpc) is 2.85. The van der Waals surface area contributed by atoms with E-state index >= 15 is 0 Å². The van der Waals surface area contributed by atoms with Gasteiger partial charge in [0, 0.05) is 25.2 Å². The van der Waals surface area contributed by atoms with Crippen molar-refractivity contribution in [2.24, 2.45) is 0 Å². The summed E-state index contributed by atoms with van der Waals surface area (Å²) in [6.07, 6.45) is 18.5. The summed E-state index contributed by atoms with van der Waals surface area (Å²) in [6.45, 7) is 5.55. The van der Waals surface area contributed by atoms with E-state index in [1.165, 1.54) is 64.2 Å². The first kappa shape index (κ1) is 30.5. The molecule has 1 rings (SSSR count). The van der Waals surface area contributed by atoms with E-state index in [1.54, 1.807) is 4.90 Å². The highest BCUT2D eigenvalue weighted by Gasteiger charge is 2.23.